The van der Waals surface area contributed by atoms with Crippen LogP contribution in [0.2, 0.25) is 0 Å². The molecule has 0 aliphatic heterocycles. The molecule has 6 nitrogen and oxygen atoms in total. The molecule has 0 heterocycles. The van der Waals surface area contributed by atoms with E-state index in [1.54, 1.807) is 6.08 Å². The number of carbonyl (C=O) groups excluding carboxylic acids is 3. The van der Waals surface area contributed by atoms with E-state index in [2.05, 4.69) is 39.0 Å². The second-order valence-electron chi connectivity index (χ2n) is 12.1. The summed E-state index contributed by atoms with van der Waals surface area (Å²) in [4.78, 5) is 35.8. The molecule has 0 aliphatic carbocycles. The molecule has 0 aromatic carbocycles. The first-order chi connectivity index (χ1) is 21.4. The summed E-state index contributed by atoms with van der Waals surface area (Å²) in [5, 5.41) is 9.50. The van der Waals surface area contributed by atoms with E-state index in [1.165, 1.54) is 44.9 Å². The monoisotopic (exact) mass is 616 g/mol. The molecule has 1 atom stereocenters. The number of rotatable bonds is 30. The number of carbonyl (C=O) groups is 3. The third kappa shape index (κ3) is 31.0. The van der Waals surface area contributed by atoms with Gasteiger partial charge in [-0.2, -0.15) is 0 Å². The normalized spacial score (nSPS) is 12.8. The number of aliphatic hydroxyl groups is 1. The van der Waals surface area contributed by atoms with Gasteiger partial charge in [0.1, 0.15) is 6.61 Å². The Kier molecular flexibility index (Phi) is 30.1. The van der Waals surface area contributed by atoms with E-state index in [1.807, 2.05) is 24.3 Å². The highest BCUT2D eigenvalue weighted by Crippen LogP contribution is 2.14. The van der Waals surface area contributed by atoms with Gasteiger partial charge < -0.3 is 14.6 Å². The van der Waals surface area contributed by atoms with Crippen LogP contribution in [0.25, 0.3) is 0 Å². The van der Waals surface area contributed by atoms with Gasteiger partial charge in [0.2, 0.25) is 0 Å². The standard InChI is InChI=1S/C38H64O6/c1-4-5-22-28-35(40)29-24-19-15-11-7-6-8-12-17-21-26-31-38(42)44-36(32-39)33-43-37(41)30-25-20-16-13-9-10-14-18-23-27-34(2)3/h6-7,12,15,17,19,24,29,34,36,39H,4-5,8-11,13-14,16,18,20-23,25-28,30-33H2,1-3H3/b7-6-,17-12-,19-15-,29-24+/t36-/m0/s1. The highest BCUT2D eigenvalue weighted by molar-refractivity contribution is 5.89. The van der Waals surface area contributed by atoms with Crippen molar-refractivity contribution in [3.8, 4) is 0 Å². The van der Waals surface area contributed by atoms with E-state index >= 15 is 0 Å². The van der Waals surface area contributed by atoms with Gasteiger partial charge in [0, 0.05) is 19.3 Å². The minimum Gasteiger partial charge on any atom is -0.462 e. The van der Waals surface area contributed by atoms with Crippen molar-refractivity contribution in [3.63, 3.8) is 0 Å². The van der Waals surface area contributed by atoms with E-state index < -0.39 is 12.1 Å². The molecule has 0 aromatic heterocycles. The molecule has 0 spiro atoms. The van der Waals surface area contributed by atoms with Crippen molar-refractivity contribution in [1.82, 2.24) is 0 Å². The molecular weight excluding hydrogens is 552 g/mol. The molecule has 6 heteroatoms. The lowest BCUT2D eigenvalue weighted by atomic mass is 10.0. The summed E-state index contributed by atoms with van der Waals surface area (Å²) in [6.45, 7) is 6.22. The molecule has 0 aliphatic rings. The molecule has 0 bridgehead atoms. The third-order valence-corrected chi connectivity index (χ3v) is 7.28. The second kappa shape index (κ2) is 31.9. The number of ketones is 1. The molecule has 0 amide bonds. The number of hydrogen-bond donors (Lipinski definition) is 1. The second-order valence-corrected chi connectivity index (χ2v) is 12.1. The fourth-order valence-electron chi connectivity index (χ4n) is 4.57. The van der Waals surface area contributed by atoms with Crippen molar-refractivity contribution in [1.29, 1.82) is 0 Å². The van der Waals surface area contributed by atoms with Crippen molar-refractivity contribution >= 4 is 17.7 Å². The van der Waals surface area contributed by atoms with Gasteiger partial charge >= 0.3 is 11.9 Å². The fraction of sp³-hybridized carbons (Fsp3) is 0.711. The lowest BCUT2D eigenvalue weighted by molar-refractivity contribution is -0.161. The van der Waals surface area contributed by atoms with Gasteiger partial charge in [-0.3, -0.25) is 14.4 Å². The van der Waals surface area contributed by atoms with E-state index in [4.69, 9.17) is 9.47 Å². The zero-order valence-electron chi connectivity index (χ0n) is 28.3. The highest BCUT2D eigenvalue weighted by atomic mass is 16.6. The Bertz CT molecular complexity index is 823. The van der Waals surface area contributed by atoms with Gasteiger partial charge in [-0.15, -0.1) is 0 Å². The Morgan fingerprint density at radius 2 is 1.25 bits per heavy atom. The molecule has 252 valence electrons. The molecule has 0 rings (SSSR count). The minimum absolute atomic E-state index is 0.104. The molecule has 0 saturated heterocycles. The zero-order chi connectivity index (χ0) is 32.5. The molecular formula is C38H64O6. The Hall–Kier alpha value is -2.47. The van der Waals surface area contributed by atoms with Crippen LogP contribution in [-0.4, -0.2) is 42.1 Å². The Balaban J connectivity index is 3.77. The van der Waals surface area contributed by atoms with Crippen LogP contribution in [-0.2, 0) is 23.9 Å². The molecule has 0 saturated carbocycles. The van der Waals surface area contributed by atoms with Gasteiger partial charge in [0.15, 0.2) is 11.9 Å². The van der Waals surface area contributed by atoms with Crippen molar-refractivity contribution < 1.29 is 29.0 Å². The van der Waals surface area contributed by atoms with Crippen LogP contribution >= 0.6 is 0 Å². The predicted octanol–water partition coefficient (Wildman–Crippen LogP) is 9.71. The Morgan fingerprint density at radius 3 is 1.91 bits per heavy atom. The van der Waals surface area contributed by atoms with E-state index in [0.717, 1.165) is 63.7 Å². The summed E-state index contributed by atoms with van der Waals surface area (Å²) < 4.78 is 10.5. The minimum atomic E-state index is -0.816. The molecule has 44 heavy (non-hydrogen) atoms. The number of aliphatic hydroxyl groups excluding tert-OH is 1. The van der Waals surface area contributed by atoms with Crippen LogP contribution in [0.4, 0.5) is 0 Å². The van der Waals surface area contributed by atoms with Crippen molar-refractivity contribution in [3.05, 3.63) is 48.6 Å². The number of hydrogen-bond acceptors (Lipinski definition) is 6. The quantitative estimate of drug-likeness (QED) is 0.0284. The average molecular weight is 617 g/mol. The molecule has 1 N–H and O–H groups in total. The summed E-state index contributed by atoms with van der Waals surface area (Å²) >= 11 is 0. The Labute approximate surface area is 269 Å². The number of ether oxygens (including phenoxy) is 2. The van der Waals surface area contributed by atoms with Crippen LogP contribution in [0, 0.1) is 5.92 Å². The fourth-order valence-corrected chi connectivity index (χ4v) is 4.57. The maximum atomic E-state index is 12.1. The van der Waals surface area contributed by atoms with Crippen LogP contribution in [0.15, 0.2) is 48.6 Å². The van der Waals surface area contributed by atoms with Crippen LogP contribution in [0.5, 0.6) is 0 Å². The number of unbranched alkanes of at least 4 members (excludes halogenated alkanes) is 11. The van der Waals surface area contributed by atoms with Crippen LogP contribution in [0.1, 0.15) is 149 Å². The van der Waals surface area contributed by atoms with Crippen molar-refractivity contribution in [2.75, 3.05) is 13.2 Å². The molecule has 0 radical (unpaired) electrons. The maximum Gasteiger partial charge on any atom is 0.306 e. The summed E-state index contributed by atoms with van der Waals surface area (Å²) in [6, 6.07) is 0. The SMILES string of the molecule is CCCCCC(=O)/C=C/C=C\C/C=C\C/C=C\CCCC(=O)O[C@@H](CO)COC(=O)CCCCCCCCCCCC(C)C. The smallest absolute Gasteiger partial charge is 0.306 e. The zero-order valence-corrected chi connectivity index (χ0v) is 28.3. The summed E-state index contributed by atoms with van der Waals surface area (Å²) in [5.41, 5.74) is 0. The number of allylic oxidation sites excluding steroid dienone is 8. The summed E-state index contributed by atoms with van der Waals surface area (Å²) in [5.74, 6) is 0.298. The molecule has 0 fully saturated rings. The first kappa shape index (κ1) is 41.5. The average Bonchev–Trinajstić information content (AvgIpc) is 3.00. The summed E-state index contributed by atoms with van der Waals surface area (Å²) in [6.07, 6.45) is 34.4. The highest BCUT2D eigenvalue weighted by Gasteiger charge is 2.15. The first-order valence-corrected chi connectivity index (χ1v) is 17.5. The van der Waals surface area contributed by atoms with E-state index in [-0.39, 0.29) is 31.4 Å². The Morgan fingerprint density at radius 1 is 0.659 bits per heavy atom. The van der Waals surface area contributed by atoms with Crippen molar-refractivity contribution in [2.24, 2.45) is 5.92 Å². The first-order valence-electron chi connectivity index (χ1n) is 17.5. The van der Waals surface area contributed by atoms with Gasteiger partial charge in [0.05, 0.1) is 6.61 Å². The molecule has 0 unspecified atom stereocenters. The predicted molar refractivity (Wildman–Crippen MR) is 182 cm³/mol. The van der Waals surface area contributed by atoms with Gasteiger partial charge in [-0.25, -0.2) is 0 Å². The largest absolute Gasteiger partial charge is 0.462 e. The third-order valence-electron chi connectivity index (χ3n) is 7.28. The lowest BCUT2D eigenvalue weighted by Crippen LogP contribution is -2.28. The van der Waals surface area contributed by atoms with E-state index in [9.17, 15) is 19.5 Å². The van der Waals surface area contributed by atoms with Gasteiger partial charge in [0.25, 0.3) is 0 Å². The van der Waals surface area contributed by atoms with Gasteiger partial charge in [-0.1, -0.05) is 134 Å². The topological polar surface area (TPSA) is 89.9 Å². The molecule has 0 aromatic rings. The van der Waals surface area contributed by atoms with E-state index in [0.29, 0.717) is 19.3 Å². The number of esters is 2. The van der Waals surface area contributed by atoms with Crippen molar-refractivity contribution in [2.45, 2.75) is 155 Å². The van der Waals surface area contributed by atoms with Crippen LogP contribution < -0.4 is 0 Å². The van der Waals surface area contributed by atoms with Crippen LogP contribution in [0.3, 0.4) is 0 Å². The maximum absolute atomic E-state index is 12.1. The lowest BCUT2D eigenvalue weighted by Gasteiger charge is -2.15. The summed E-state index contributed by atoms with van der Waals surface area (Å²) in [7, 11) is 0. The van der Waals surface area contributed by atoms with Gasteiger partial charge in [-0.05, 0) is 50.5 Å².